The molecule has 1 rings (SSSR count). The van der Waals surface area contributed by atoms with Crippen molar-refractivity contribution in [3.05, 3.63) is 0 Å². The van der Waals surface area contributed by atoms with Crippen LogP contribution >= 0.6 is 0 Å². The van der Waals surface area contributed by atoms with Gasteiger partial charge in [-0.15, -0.1) is 0 Å². The van der Waals surface area contributed by atoms with E-state index in [9.17, 15) is 4.79 Å². The number of methoxy groups -OCH3 is 1. The predicted molar refractivity (Wildman–Crippen MR) is 86.4 cm³/mol. The zero-order chi connectivity index (χ0) is 15.7. The highest BCUT2D eigenvalue weighted by molar-refractivity contribution is 5.80. The van der Waals surface area contributed by atoms with Crippen LogP contribution in [0.3, 0.4) is 0 Å². The molecule has 21 heavy (non-hydrogen) atoms. The monoisotopic (exact) mass is 297 g/mol. The number of aliphatic imine (C=N–C) groups is 1. The van der Waals surface area contributed by atoms with E-state index < -0.39 is 0 Å². The number of carbonyl (C=O) groups excluding carboxylic acids is 1. The van der Waals surface area contributed by atoms with E-state index in [1.54, 1.807) is 7.05 Å². The van der Waals surface area contributed by atoms with Crippen LogP contribution in [-0.4, -0.2) is 39.2 Å². The molecule has 122 valence electrons. The number of ether oxygens (including phenoxy) is 1. The Hall–Kier alpha value is -1.26. The van der Waals surface area contributed by atoms with E-state index in [4.69, 9.17) is 0 Å². The first-order valence-corrected chi connectivity index (χ1v) is 8.03. The molecule has 0 spiro atoms. The Kier molecular flexibility index (Phi) is 7.54. The van der Waals surface area contributed by atoms with E-state index >= 15 is 0 Å². The highest BCUT2D eigenvalue weighted by Gasteiger charge is 2.34. The second-order valence-electron chi connectivity index (χ2n) is 6.48. The molecule has 0 aromatic carbocycles. The molecule has 1 aliphatic carbocycles. The van der Waals surface area contributed by atoms with E-state index in [0.29, 0.717) is 18.4 Å². The lowest BCUT2D eigenvalue weighted by molar-refractivity contribution is -0.140. The van der Waals surface area contributed by atoms with Gasteiger partial charge in [0.1, 0.15) is 0 Å². The van der Waals surface area contributed by atoms with Crippen LogP contribution in [0, 0.1) is 11.3 Å². The van der Waals surface area contributed by atoms with Gasteiger partial charge in [-0.25, -0.2) is 0 Å². The predicted octanol–water partition coefficient (Wildman–Crippen LogP) is 2.32. The molecule has 0 atom stereocenters. The second-order valence-corrected chi connectivity index (χ2v) is 6.48. The number of esters is 1. The van der Waals surface area contributed by atoms with Crippen LogP contribution in [0.5, 0.6) is 0 Å². The number of nitrogens with one attached hydrogen (secondary N) is 2. The lowest BCUT2D eigenvalue weighted by atomic mass is 9.78. The van der Waals surface area contributed by atoms with Gasteiger partial charge in [0.25, 0.3) is 0 Å². The highest BCUT2D eigenvalue weighted by atomic mass is 16.5. The van der Waals surface area contributed by atoms with Crippen LogP contribution in [0.2, 0.25) is 0 Å². The van der Waals surface area contributed by atoms with Gasteiger partial charge in [-0.05, 0) is 30.6 Å². The van der Waals surface area contributed by atoms with Gasteiger partial charge in [-0.3, -0.25) is 9.79 Å². The molecule has 0 amide bonds. The molecule has 0 aromatic heterocycles. The fraction of sp³-hybridized carbons (Fsp3) is 0.875. The van der Waals surface area contributed by atoms with Gasteiger partial charge in [0.05, 0.1) is 13.5 Å². The second kappa shape index (κ2) is 8.90. The minimum absolute atomic E-state index is 0.204. The Balaban J connectivity index is 2.40. The average Bonchev–Trinajstić information content (AvgIpc) is 2.90. The Morgan fingerprint density at radius 2 is 1.95 bits per heavy atom. The van der Waals surface area contributed by atoms with Crippen LogP contribution in [0.1, 0.15) is 52.4 Å². The number of hydrogen-bond acceptors (Lipinski definition) is 3. The van der Waals surface area contributed by atoms with E-state index in [2.05, 4.69) is 34.2 Å². The van der Waals surface area contributed by atoms with Crippen molar-refractivity contribution in [1.29, 1.82) is 0 Å². The third-order valence-electron chi connectivity index (χ3n) is 4.21. The standard InChI is InChI=1S/C16H31N3O2/c1-13(2)11-16(8-5-6-9-16)12-19-15(17-3)18-10-7-14(20)21-4/h13H,5-12H2,1-4H3,(H2,17,18,19). The van der Waals surface area contributed by atoms with Crippen molar-refractivity contribution in [1.82, 2.24) is 10.6 Å². The summed E-state index contributed by atoms with van der Waals surface area (Å²) in [5.74, 6) is 1.29. The zero-order valence-electron chi connectivity index (χ0n) is 14.0. The maximum absolute atomic E-state index is 11.1. The van der Waals surface area contributed by atoms with E-state index in [0.717, 1.165) is 18.4 Å². The summed E-state index contributed by atoms with van der Waals surface area (Å²) in [6.07, 6.45) is 6.90. The quantitative estimate of drug-likeness (QED) is 0.430. The first-order chi connectivity index (χ1) is 10.0. The molecule has 1 aliphatic rings. The topological polar surface area (TPSA) is 62.7 Å². The molecule has 5 nitrogen and oxygen atoms in total. The summed E-state index contributed by atoms with van der Waals surface area (Å²) in [5, 5.41) is 6.60. The maximum atomic E-state index is 11.1. The molecule has 0 aromatic rings. The summed E-state index contributed by atoms with van der Waals surface area (Å²) >= 11 is 0. The van der Waals surface area contributed by atoms with Crippen molar-refractivity contribution in [2.24, 2.45) is 16.3 Å². The van der Waals surface area contributed by atoms with Gasteiger partial charge in [-0.1, -0.05) is 26.7 Å². The minimum Gasteiger partial charge on any atom is -0.469 e. The third-order valence-corrected chi connectivity index (χ3v) is 4.21. The number of carbonyl (C=O) groups is 1. The Bertz CT molecular complexity index is 347. The molecule has 1 fully saturated rings. The van der Waals surface area contributed by atoms with Gasteiger partial charge in [0.2, 0.25) is 0 Å². The van der Waals surface area contributed by atoms with Crippen molar-refractivity contribution >= 4 is 11.9 Å². The number of nitrogens with zero attached hydrogens (tertiary/aromatic N) is 1. The fourth-order valence-corrected chi connectivity index (χ4v) is 3.32. The third kappa shape index (κ3) is 6.36. The van der Waals surface area contributed by atoms with Gasteiger partial charge in [0, 0.05) is 20.1 Å². The lowest BCUT2D eigenvalue weighted by Crippen LogP contribution is -2.44. The van der Waals surface area contributed by atoms with E-state index in [1.165, 1.54) is 39.2 Å². The largest absolute Gasteiger partial charge is 0.469 e. The summed E-state index contributed by atoms with van der Waals surface area (Å²) < 4.78 is 4.63. The van der Waals surface area contributed by atoms with Crippen molar-refractivity contribution < 1.29 is 9.53 Å². The van der Waals surface area contributed by atoms with Crippen molar-refractivity contribution in [3.8, 4) is 0 Å². The summed E-state index contributed by atoms with van der Waals surface area (Å²) in [5.41, 5.74) is 0.411. The van der Waals surface area contributed by atoms with E-state index in [1.807, 2.05) is 0 Å². The smallest absolute Gasteiger partial charge is 0.307 e. The first kappa shape index (κ1) is 17.8. The van der Waals surface area contributed by atoms with Gasteiger partial charge >= 0.3 is 5.97 Å². The van der Waals surface area contributed by atoms with Gasteiger partial charge in [-0.2, -0.15) is 0 Å². The summed E-state index contributed by atoms with van der Waals surface area (Å²) in [4.78, 5) is 15.3. The maximum Gasteiger partial charge on any atom is 0.307 e. The van der Waals surface area contributed by atoms with Crippen molar-refractivity contribution in [2.45, 2.75) is 52.4 Å². The minimum atomic E-state index is -0.204. The lowest BCUT2D eigenvalue weighted by Gasteiger charge is -2.31. The molecule has 0 heterocycles. The summed E-state index contributed by atoms with van der Waals surface area (Å²) in [6.45, 7) is 6.10. The molecule has 0 bridgehead atoms. The molecular weight excluding hydrogens is 266 g/mol. The first-order valence-electron chi connectivity index (χ1n) is 8.03. The van der Waals surface area contributed by atoms with Gasteiger partial charge < -0.3 is 15.4 Å². The Morgan fingerprint density at radius 3 is 2.48 bits per heavy atom. The summed E-state index contributed by atoms with van der Waals surface area (Å²) in [7, 11) is 3.17. The molecule has 0 radical (unpaired) electrons. The molecule has 0 saturated heterocycles. The average molecular weight is 297 g/mol. The van der Waals surface area contributed by atoms with Crippen LogP contribution in [0.25, 0.3) is 0 Å². The highest BCUT2D eigenvalue weighted by Crippen LogP contribution is 2.42. The summed E-state index contributed by atoms with van der Waals surface area (Å²) in [6, 6.07) is 0. The van der Waals surface area contributed by atoms with Crippen molar-refractivity contribution in [3.63, 3.8) is 0 Å². The van der Waals surface area contributed by atoms with Crippen LogP contribution in [0.15, 0.2) is 4.99 Å². The normalized spacial score (nSPS) is 17.9. The van der Waals surface area contributed by atoms with E-state index in [-0.39, 0.29) is 5.97 Å². The van der Waals surface area contributed by atoms with Crippen molar-refractivity contribution in [2.75, 3.05) is 27.2 Å². The van der Waals surface area contributed by atoms with Crippen LogP contribution in [-0.2, 0) is 9.53 Å². The molecule has 0 aliphatic heterocycles. The van der Waals surface area contributed by atoms with Crippen LogP contribution < -0.4 is 10.6 Å². The SMILES string of the molecule is CN=C(NCCC(=O)OC)NCC1(CC(C)C)CCCC1. The molecule has 0 unspecified atom stereocenters. The Morgan fingerprint density at radius 1 is 1.29 bits per heavy atom. The Labute approximate surface area is 128 Å². The molecule has 2 N–H and O–H groups in total. The fourth-order valence-electron chi connectivity index (χ4n) is 3.32. The zero-order valence-corrected chi connectivity index (χ0v) is 14.0. The van der Waals surface area contributed by atoms with Crippen LogP contribution in [0.4, 0.5) is 0 Å². The molecular formula is C16H31N3O2. The van der Waals surface area contributed by atoms with Gasteiger partial charge in [0.15, 0.2) is 5.96 Å². The number of rotatable bonds is 7. The number of guanidine groups is 1. The molecule has 5 heteroatoms. The number of hydrogen-bond donors (Lipinski definition) is 2. The molecule has 1 saturated carbocycles.